The molecular weight excluding hydrogens is 229 g/mol. The van der Waals surface area contributed by atoms with E-state index in [9.17, 15) is 4.39 Å². The molecule has 96 valence electrons. The zero-order chi connectivity index (χ0) is 13.0. The highest BCUT2D eigenvalue weighted by molar-refractivity contribution is 5.19. The Morgan fingerprint density at radius 2 is 1.78 bits per heavy atom. The van der Waals surface area contributed by atoms with Crippen molar-refractivity contribution in [3.8, 4) is 0 Å². The smallest absolute Gasteiger partial charge is 0.123 e. The largest absolute Gasteiger partial charge is 0.465 e. The first-order valence-corrected chi connectivity index (χ1v) is 6.25. The molecule has 1 atom stereocenters. The van der Waals surface area contributed by atoms with Crippen LogP contribution in [0.15, 0.2) is 40.8 Å². The Balaban J connectivity index is 1.91. The lowest BCUT2D eigenvalue weighted by Crippen LogP contribution is -2.17. The van der Waals surface area contributed by atoms with Gasteiger partial charge in [0.25, 0.3) is 0 Å². The second-order valence-corrected chi connectivity index (χ2v) is 4.38. The van der Waals surface area contributed by atoms with Gasteiger partial charge in [-0.3, -0.25) is 0 Å². The molecule has 0 saturated heterocycles. The van der Waals surface area contributed by atoms with Gasteiger partial charge in [0.15, 0.2) is 0 Å². The van der Waals surface area contributed by atoms with Gasteiger partial charge in [-0.05, 0) is 36.8 Å². The summed E-state index contributed by atoms with van der Waals surface area (Å²) < 4.78 is 18.4. The van der Waals surface area contributed by atoms with Crippen molar-refractivity contribution in [2.45, 2.75) is 32.9 Å². The fourth-order valence-corrected chi connectivity index (χ4v) is 1.83. The third-order valence-corrected chi connectivity index (χ3v) is 3.02. The Morgan fingerprint density at radius 3 is 2.39 bits per heavy atom. The van der Waals surface area contributed by atoms with Gasteiger partial charge in [-0.15, -0.1) is 0 Å². The minimum absolute atomic E-state index is 0.167. The van der Waals surface area contributed by atoms with Crippen LogP contribution >= 0.6 is 0 Å². The molecule has 0 bridgehead atoms. The van der Waals surface area contributed by atoms with E-state index in [1.54, 1.807) is 12.1 Å². The second kappa shape index (κ2) is 5.83. The van der Waals surface area contributed by atoms with Crippen LogP contribution in [-0.2, 0) is 13.0 Å². The summed E-state index contributed by atoms with van der Waals surface area (Å²) in [5.74, 6) is 1.73. The fraction of sp³-hybridized carbons (Fsp3) is 0.333. The molecule has 0 aliphatic heterocycles. The number of furan rings is 1. The maximum absolute atomic E-state index is 12.8. The van der Waals surface area contributed by atoms with E-state index in [1.807, 2.05) is 12.1 Å². The molecule has 18 heavy (non-hydrogen) atoms. The number of hydrogen-bond acceptors (Lipinski definition) is 2. The molecule has 2 aromatic rings. The Labute approximate surface area is 107 Å². The van der Waals surface area contributed by atoms with Crippen molar-refractivity contribution in [3.63, 3.8) is 0 Å². The molecule has 1 N–H and O–H groups in total. The number of aryl methyl sites for hydroxylation is 1. The van der Waals surface area contributed by atoms with Gasteiger partial charge in [0.2, 0.25) is 0 Å². The molecule has 1 heterocycles. The van der Waals surface area contributed by atoms with E-state index < -0.39 is 0 Å². The fourth-order valence-electron chi connectivity index (χ4n) is 1.83. The molecule has 1 unspecified atom stereocenters. The average molecular weight is 247 g/mol. The SMILES string of the molecule is CCc1ccc(CNC(C)c2ccc(F)cc2)o1. The highest BCUT2D eigenvalue weighted by atomic mass is 19.1. The zero-order valence-corrected chi connectivity index (χ0v) is 10.7. The van der Waals surface area contributed by atoms with Crippen LogP contribution in [0.2, 0.25) is 0 Å². The maximum atomic E-state index is 12.8. The molecule has 0 aliphatic carbocycles. The Bertz CT molecular complexity index is 489. The molecule has 0 aliphatic rings. The molecule has 3 heteroatoms. The molecule has 1 aromatic heterocycles. The summed E-state index contributed by atoms with van der Waals surface area (Å²) >= 11 is 0. The lowest BCUT2D eigenvalue weighted by Gasteiger charge is -2.13. The van der Waals surface area contributed by atoms with Crippen LogP contribution in [0.5, 0.6) is 0 Å². The first-order valence-electron chi connectivity index (χ1n) is 6.25. The van der Waals surface area contributed by atoms with Crippen LogP contribution in [0, 0.1) is 5.82 Å². The van der Waals surface area contributed by atoms with Crippen molar-refractivity contribution in [2.75, 3.05) is 0 Å². The van der Waals surface area contributed by atoms with Gasteiger partial charge in [-0.2, -0.15) is 0 Å². The summed E-state index contributed by atoms with van der Waals surface area (Å²) in [5.41, 5.74) is 1.07. The molecule has 0 saturated carbocycles. The van der Waals surface area contributed by atoms with Gasteiger partial charge >= 0.3 is 0 Å². The van der Waals surface area contributed by atoms with Crippen molar-refractivity contribution >= 4 is 0 Å². The van der Waals surface area contributed by atoms with Crippen molar-refractivity contribution in [2.24, 2.45) is 0 Å². The van der Waals surface area contributed by atoms with Crippen molar-refractivity contribution in [1.29, 1.82) is 0 Å². The van der Waals surface area contributed by atoms with E-state index >= 15 is 0 Å². The van der Waals surface area contributed by atoms with Crippen LogP contribution in [-0.4, -0.2) is 0 Å². The van der Waals surface area contributed by atoms with Crippen LogP contribution < -0.4 is 5.32 Å². The van der Waals surface area contributed by atoms with E-state index in [2.05, 4.69) is 19.2 Å². The lowest BCUT2D eigenvalue weighted by atomic mass is 10.1. The summed E-state index contributed by atoms with van der Waals surface area (Å²) in [7, 11) is 0. The quantitative estimate of drug-likeness (QED) is 0.868. The Kier molecular flexibility index (Phi) is 4.15. The van der Waals surface area contributed by atoms with Gasteiger partial charge in [0.05, 0.1) is 6.54 Å². The van der Waals surface area contributed by atoms with Crippen molar-refractivity contribution < 1.29 is 8.81 Å². The number of benzene rings is 1. The van der Waals surface area contributed by atoms with Crippen LogP contribution in [0.1, 0.15) is 37.0 Å². The first kappa shape index (κ1) is 12.8. The molecule has 0 radical (unpaired) electrons. The number of rotatable bonds is 5. The zero-order valence-electron chi connectivity index (χ0n) is 10.7. The number of nitrogens with one attached hydrogen (secondary N) is 1. The van der Waals surface area contributed by atoms with E-state index in [4.69, 9.17) is 4.42 Å². The minimum Gasteiger partial charge on any atom is -0.465 e. The molecular formula is C15H18FNO. The molecule has 0 amide bonds. The van der Waals surface area contributed by atoms with Crippen molar-refractivity contribution in [1.82, 2.24) is 5.32 Å². The normalized spacial score (nSPS) is 12.6. The second-order valence-electron chi connectivity index (χ2n) is 4.38. The van der Waals surface area contributed by atoms with E-state index in [0.29, 0.717) is 6.54 Å². The summed E-state index contributed by atoms with van der Waals surface area (Å²) in [5, 5.41) is 3.36. The first-order chi connectivity index (χ1) is 8.69. The molecule has 0 spiro atoms. The van der Waals surface area contributed by atoms with Gasteiger partial charge < -0.3 is 9.73 Å². The third kappa shape index (κ3) is 3.20. The van der Waals surface area contributed by atoms with Gasteiger partial charge in [-0.1, -0.05) is 19.1 Å². The van der Waals surface area contributed by atoms with Gasteiger partial charge in [0, 0.05) is 12.5 Å². The van der Waals surface area contributed by atoms with E-state index in [1.165, 1.54) is 12.1 Å². The molecule has 0 fully saturated rings. The lowest BCUT2D eigenvalue weighted by molar-refractivity contribution is 0.435. The molecule has 1 aromatic carbocycles. The average Bonchev–Trinajstić information content (AvgIpc) is 2.85. The Morgan fingerprint density at radius 1 is 1.11 bits per heavy atom. The van der Waals surface area contributed by atoms with E-state index in [-0.39, 0.29) is 11.9 Å². The standard InChI is InChI=1S/C15H18FNO/c1-3-14-8-9-15(18-14)10-17-11(2)12-4-6-13(16)7-5-12/h4-9,11,17H,3,10H2,1-2H3. The third-order valence-electron chi connectivity index (χ3n) is 3.02. The summed E-state index contributed by atoms with van der Waals surface area (Å²) in [6.45, 7) is 4.80. The van der Waals surface area contributed by atoms with Crippen LogP contribution in [0.25, 0.3) is 0 Å². The maximum Gasteiger partial charge on any atom is 0.123 e. The van der Waals surface area contributed by atoms with Gasteiger partial charge in [-0.25, -0.2) is 4.39 Å². The summed E-state index contributed by atoms with van der Waals surface area (Å²) in [6, 6.07) is 10.7. The highest BCUT2D eigenvalue weighted by Gasteiger charge is 2.06. The number of hydrogen-bond donors (Lipinski definition) is 1. The van der Waals surface area contributed by atoms with Crippen LogP contribution in [0.4, 0.5) is 4.39 Å². The monoisotopic (exact) mass is 247 g/mol. The number of halogens is 1. The summed E-state index contributed by atoms with van der Waals surface area (Å²) in [6.07, 6.45) is 0.910. The van der Waals surface area contributed by atoms with Gasteiger partial charge in [0.1, 0.15) is 17.3 Å². The summed E-state index contributed by atoms with van der Waals surface area (Å²) in [4.78, 5) is 0. The molecule has 2 rings (SSSR count). The Hall–Kier alpha value is -1.61. The van der Waals surface area contributed by atoms with Crippen molar-refractivity contribution in [3.05, 3.63) is 59.3 Å². The molecule has 2 nitrogen and oxygen atoms in total. The van der Waals surface area contributed by atoms with E-state index in [0.717, 1.165) is 23.5 Å². The topological polar surface area (TPSA) is 25.2 Å². The highest BCUT2D eigenvalue weighted by Crippen LogP contribution is 2.14. The predicted octanol–water partition coefficient (Wildman–Crippen LogP) is 3.83. The minimum atomic E-state index is -0.204. The van der Waals surface area contributed by atoms with Crippen LogP contribution in [0.3, 0.4) is 0 Å². The predicted molar refractivity (Wildman–Crippen MR) is 69.7 cm³/mol.